The molecule has 3 aromatic rings. The van der Waals surface area contributed by atoms with Crippen LogP contribution >= 0.6 is 0 Å². The van der Waals surface area contributed by atoms with E-state index in [0.717, 1.165) is 47.6 Å². The lowest BCUT2D eigenvalue weighted by Crippen LogP contribution is -2.39. The van der Waals surface area contributed by atoms with Gasteiger partial charge < -0.3 is 10.2 Å². The van der Waals surface area contributed by atoms with E-state index in [4.69, 9.17) is 4.98 Å². The van der Waals surface area contributed by atoms with E-state index in [0.29, 0.717) is 6.54 Å². The first-order valence-electron chi connectivity index (χ1n) is 10.3. The van der Waals surface area contributed by atoms with Crippen molar-refractivity contribution in [2.24, 2.45) is 0 Å². The molecule has 1 atom stereocenters. The van der Waals surface area contributed by atoms with Gasteiger partial charge in [0.2, 0.25) is 5.91 Å². The van der Waals surface area contributed by atoms with Gasteiger partial charge in [-0.3, -0.25) is 14.6 Å². The molecule has 0 aliphatic carbocycles. The number of pyridine rings is 1. The average Bonchev–Trinajstić information content (AvgIpc) is 2.79. The van der Waals surface area contributed by atoms with E-state index in [-0.39, 0.29) is 17.7 Å². The molecule has 30 heavy (non-hydrogen) atoms. The summed E-state index contributed by atoms with van der Waals surface area (Å²) in [4.78, 5) is 31.1. The summed E-state index contributed by atoms with van der Waals surface area (Å²) in [6, 6.07) is 23.2. The van der Waals surface area contributed by atoms with Gasteiger partial charge in [-0.05, 0) is 49.2 Å². The van der Waals surface area contributed by atoms with E-state index >= 15 is 0 Å². The van der Waals surface area contributed by atoms with Gasteiger partial charge in [0.15, 0.2) is 0 Å². The SMILES string of the molecule is CC(=O)Nc1cccc(-c2cccc([C@@H]3CCCN(C(=O)c4ccccc4)C3)n2)c1. The minimum atomic E-state index is -0.0979. The van der Waals surface area contributed by atoms with Crippen molar-refractivity contribution >= 4 is 17.5 Å². The van der Waals surface area contributed by atoms with Gasteiger partial charge in [0.1, 0.15) is 0 Å². The number of aromatic nitrogens is 1. The summed E-state index contributed by atoms with van der Waals surface area (Å²) < 4.78 is 0. The first kappa shape index (κ1) is 19.8. The van der Waals surface area contributed by atoms with Crippen LogP contribution in [0, 0.1) is 0 Å². The monoisotopic (exact) mass is 399 g/mol. The number of hydrogen-bond donors (Lipinski definition) is 1. The number of amides is 2. The number of carbonyl (C=O) groups is 2. The van der Waals surface area contributed by atoms with Crippen molar-refractivity contribution in [2.75, 3.05) is 18.4 Å². The molecule has 5 nitrogen and oxygen atoms in total. The number of rotatable bonds is 4. The molecule has 2 aromatic carbocycles. The van der Waals surface area contributed by atoms with E-state index in [2.05, 4.69) is 5.32 Å². The second-order valence-electron chi connectivity index (χ2n) is 7.67. The maximum absolute atomic E-state index is 12.9. The van der Waals surface area contributed by atoms with E-state index in [9.17, 15) is 9.59 Å². The van der Waals surface area contributed by atoms with Crippen LogP contribution in [-0.2, 0) is 4.79 Å². The summed E-state index contributed by atoms with van der Waals surface area (Å²) in [5.74, 6) is 0.198. The molecule has 1 aliphatic heterocycles. The standard InChI is InChI=1S/C25H25N3O2/c1-18(29)26-22-12-5-10-20(16-22)23-13-6-14-24(27-23)21-11-7-15-28(17-21)25(30)19-8-3-2-4-9-19/h2-6,8-10,12-14,16,21H,7,11,15,17H2,1H3,(H,26,29)/t21-/m1/s1. The largest absolute Gasteiger partial charge is 0.338 e. The summed E-state index contributed by atoms with van der Waals surface area (Å²) in [6.07, 6.45) is 1.98. The molecule has 0 radical (unpaired) electrons. The average molecular weight is 399 g/mol. The molecular weight excluding hydrogens is 374 g/mol. The first-order valence-corrected chi connectivity index (χ1v) is 10.3. The predicted molar refractivity (Wildman–Crippen MR) is 118 cm³/mol. The highest BCUT2D eigenvalue weighted by molar-refractivity contribution is 5.94. The lowest BCUT2D eigenvalue weighted by Gasteiger charge is -2.32. The number of nitrogens with one attached hydrogen (secondary N) is 1. The molecule has 5 heteroatoms. The van der Waals surface area contributed by atoms with Crippen molar-refractivity contribution in [3.8, 4) is 11.3 Å². The highest BCUT2D eigenvalue weighted by atomic mass is 16.2. The molecule has 4 rings (SSSR count). The number of anilines is 1. The second-order valence-corrected chi connectivity index (χ2v) is 7.67. The van der Waals surface area contributed by atoms with Crippen LogP contribution in [0.5, 0.6) is 0 Å². The van der Waals surface area contributed by atoms with Crippen LogP contribution in [0.4, 0.5) is 5.69 Å². The number of likely N-dealkylation sites (tertiary alicyclic amines) is 1. The smallest absolute Gasteiger partial charge is 0.253 e. The van der Waals surface area contributed by atoms with E-state index in [1.807, 2.05) is 77.7 Å². The summed E-state index contributed by atoms with van der Waals surface area (Å²) in [5.41, 5.74) is 4.31. The minimum Gasteiger partial charge on any atom is -0.338 e. The van der Waals surface area contributed by atoms with Crippen LogP contribution < -0.4 is 5.32 Å². The first-order chi connectivity index (χ1) is 14.6. The fourth-order valence-electron chi connectivity index (χ4n) is 3.97. The van der Waals surface area contributed by atoms with E-state index in [1.165, 1.54) is 6.92 Å². The second kappa shape index (κ2) is 8.91. The summed E-state index contributed by atoms with van der Waals surface area (Å²) in [7, 11) is 0. The van der Waals surface area contributed by atoms with Gasteiger partial charge in [-0.25, -0.2) is 0 Å². The molecule has 152 valence electrons. The van der Waals surface area contributed by atoms with Gasteiger partial charge in [0.25, 0.3) is 5.91 Å². The molecule has 0 saturated carbocycles. The predicted octanol–water partition coefficient (Wildman–Crippen LogP) is 4.73. The van der Waals surface area contributed by atoms with E-state index in [1.54, 1.807) is 0 Å². The Kier molecular flexibility index (Phi) is 5.89. The summed E-state index contributed by atoms with van der Waals surface area (Å²) >= 11 is 0. The van der Waals surface area contributed by atoms with Crippen LogP contribution in [0.1, 0.15) is 41.7 Å². The fourth-order valence-corrected chi connectivity index (χ4v) is 3.97. The molecule has 1 N–H and O–H groups in total. The van der Waals surface area contributed by atoms with Crippen molar-refractivity contribution in [1.82, 2.24) is 9.88 Å². The third kappa shape index (κ3) is 4.57. The molecule has 0 spiro atoms. The number of nitrogens with zero attached hydrogens (tertiary/aromatic N) is 2. The van der Waals surface area contributed by atoms with Crippen molar-refractivity contribution < 1.29 is 9.59 Å². The Morgan fingerprint density at radius 1 is 1.00 bits per heavy atom. The van der Waals surface area contributed by atoms with Crippen molar-refractivity contribution in [3.63, 3.8) is 0 Å². The Morgan fingerprint density at radius 3 is 2.60 bits per heavy atom. The third-order valence-electron chi connectivity index (χ3n) is 5.40. The molecule has 1 aromatic heterocycles. The van der Waals surface area contributed by atoms with Crippen LogP contribution in [0.25, 0.3) is 11.3 Å². The van der Waals surface area contributed by atoms with Gasteiger partial charge in [-0.1, -0.05) is 36.4 Å². The maximum Gasteiger partial charge on any atom is 0.253 e. The molecule has 2 heterocycles. The quantitative estimate of drug-likeness (QED) is 0.690. The Hall–Kier alpha value is -3.47. The number of hydrogen-bond acceptors (Lipinski definition) is 3. The van der Waals surface area contributed by atoms with Crippen molar-refractivity contribution in [1.29, 1.82) is 0 Å². The lowest BCUT2D eigenvalue weighted by molar-refractivity contribution is -0.114. The van der Waals surface area contributed by atoms with Crippen LogP contribution in [0.2, 0.25) is 0 Å². The lowest BCUT2D eigenvalue weighted by atomic mass is 9.93. The summed E-state index contributed by atoms with van der Waals surface area (Å²) in [5, 5.41) is 2.82. The molecule has 0 unspecified atom stereocenters. The van der Waals surface area contributed by atoms with Gasteiger partial charge in [-0.2, -0.15) is 0 Å². The Morgan fingerprint density at radius 2 is 1.80 bits per heavy atom. The zero-order valence-electron chi connectivity index (χ0n) is 17.0. The Bertz CT molecular complexity index is 1050. The maximum atomic E-state index is 12.9. The Balaban J connectivity index is 1.54. The van der Waals surface area contributed by atoms with Gasteiger partial charge in [-0.15, -0.1) is 0 Å². The third-order valence-corrected chi connectivity index (χ3v) is 5.40. The van der Waals surface area contributed by atoms with E-state index < -0.39 is 0 Å². The van der Waals surface area contributed by atoms with Crippen molar-refractivity contribution in [2.45, 2.75) is 25.7 Å². The van der Waals surface area contributed by atoms with Crippen molar-refractivity contribution in [3.05, 3.63) is 84.1 Å². The number of benzene rings is 2. The summed E-state index contributed by atoms with van der Waals surface area (Å²) in [6.45, 7) is 2.95. The van der Waals surface area contributed by atoms with Crippen LogP contribution in [-0.4, -0.2) is 34.8 Å². The Labute approximate surface area is 176 Å². The number of piperidine rings is 1. The molecule has 0 bridgehead atoms. The van der Waals surface area contributed by atoms with Gasteiger partial charge >= 0.3 is 0 Å². The molecule has 2 amide bonds. The molecule has 1 aliphatic rings. The highest BCUT2D eigenvalue weighted by Crippen LogP contribution is 2.29. The van der Waals surface area contributed by atoms with Crippen LogP contribution in [0.3, 0.4) is 0 Å². The molecular formula is C25H25N3O2. The normalized spacial score (nSPS) is 16.2. The van der Waals surface area contributed by atoms with Gasteiger partial charge in [0.05, 0.1) is 5.69 Å². The minimum absolute atomic E-state index is 0.0828. The zero-order valence-corrected chi connectivity index (χ0v) is 17.0. The fraction of sp³-hybridized carbons (Fsp3) is 0.240. The van der Waals surface area contributed by atoms with Crippen LogP contribution in [0.15, 0.2) is 72.8 Å². The molecule has 1 fully saturated rings. The molecule has 1 saturated heterocycles. The topological polar surface area (TPSA) is 62.3 Å². The number of carbonyl (C=O) groups excluding carboxylic acids is 2. The van der Waals surface area contributed by atoms with Gasteiger partial charge in [0, 0.05) is 48.4 Å². The highest BCUT2D eigenvalue weighted by Gasteiger charge is 2.26. The zero-order chi connectivity index (χ0) is 20.9.